The average Bonchev–Trinajstić information content (AvgIpc) is 2.47. The summed E-state index contributed by atoms with van der Waals surface area (Å²) < 4.78 is 26.7. The van der Waals surface area contributed by atoms with Crippen molar-refractivity contribution in [1.29, 1.82) is 0 Å². The molecule has 0 aliphatic rings. The fourth-order valence-electron chi connectivity index (χ4n) is 1.80. The Hall–Kier alpha value is -2.15. The molecule has 0 spiro atoms. The van der Waals surface area contributed by atoms with Crippen LogP contribution in [0, 0.1) is 21.7 Å². The van der Waals surface area contributed by atoms with Crippen LogP contribution < -0.4 is 5.32 Å². The molecule has 0 fully saturated rings. The van der Waals surface area contributed by atoms with Gasteiger partial charge in [0.2, 0.25) is 0 Å². The van der Waals surface area contributed by atoms with E-state index in [1.165, 1.54) is 12.1 Å². The first-order valence-corrected chi connectivity index (χ1v) is 7.02. The standard InChI is InChI=1S/C14H12F2N2O2S/c1-17-13-5-3-11(18(19)20)6-9(13)8-21-14-7-10(15)2-4-12(14)16/h2-7,17H,8H2,1H3. The maximum Gasteiger partial charge on any atom is 0.269 e. The molecule has 0 aliphatic carbocycles. The van der Waals surface area contributed by atoms with Crippen molar-refractivity contribution in [3.63, 3.8) is 0 Å². The summed E-state index contributed by atoms with van der Waals surface area (Å²) in [4.78, 5) is 10.5. The minimum absolute atomic E-state index is 0.0377. The molecular weight excluding hydrogens is 298 g/mol. The van der Waals surface area contributed by atoms with Crippen LogP contribution in [0.25, 0.3) is 0 Å². The van der Waals surface area contributed by atoms with Crippen molar-refractivity contribution < 1.29 is 13.7 Å². The number of nitrogens with zero attached hydrogens (tertiary/aromatic N) is 1. The summed E-state index contributed by atoms with van der Waals surface area (Å²) in [5.74, 6) is -0.747. The van der Waals surface area contributed by atoms with E-state index in [1.54, 1.807) is 13.1 Å². The second kappa shape index (κ2) is 6.53. The van der Waals surface area contributed by atoms with E-state index in [9.17, 15) is 18.9 Å². The van der Waals surface area contributed by atoms with Crippen LogP contribution in [0.2, 0.25) is 0 Å². The maximum absolute atomic E-state index is 13.6. The van der Waals surface area contributed by atoms with E-state index in [-0.39, 0.29) is 16.3 Å². The molecule has 0 aliphatic heterocycles. The summed E-state index contributed by atoms with van der Waals surface area (Å²) in [5.41, 5.74) is 1.33. The van der Waals surface area contributed by atoms with E-state index in [1.807, 2.05) is 0 Å². The summed E-state index contributed by atoms with van der Waals surface area (Å²) in [6, 6.07) is 7.63. The number of hydrogen-bond acceptors (Lipinski definition) is 4. The van der Waals surface area contributed by atoms with Crippen molar-refractivity contribution in [2.45, 2.75) is 10.6 Å². The Balaban J connectivity index is 2.24. The molecule has 0 aromatic heterocycles. The molecule has 0 radical (unpaired) electrons. The van der Waals surface area contributed by atoms with Gasteiger partial charge in [-0.1, -0.05) is 0 Å². The lowest BCUT2D eigenvalue weighted by atomic mass is 10.2. The van der Waals surface area contributed by atoms with Crippen LogP contribution in [0.1, 0.15) is 5.56 Å². The molecule has 7 heteroatoms. The lowest BCUT2D eigenvalue weighted by Crippen LogP contribution is -1.97. The van der Waals surface area contributed by atoms with Gasteiger partial charge in [-0.15, -0.1) is 11.8 Å². The number of benzene rings is 2. The van der Waals surface area contributed by atoms with Gasteiger partial charge < -0.3 is 5.32 Å². The van der Waals surface area contributed by atoms with E-state index in [2.05, 4.69) is 5.32 Å². The Morgan fingerprint density at radius 1 is 1.24 bits per heavy atom. The number of thioether (sulfide) groups is 1. The van der Waals surface area contributed by atoms with Crippen LogP contribution in [0.4, 0.5) is 20.2 Å². The molecule has 0 amide bonds. The van der Waals surface area contributed by atoms with E-state index in [0.29, 0.717) is 11.3 Å². The fraction of sp³-hybridized carbons (Fsp3) is 0.143. The highest BCUT2D eigenvalue weighted by atomic mass is 32.2. The zero-order valence-electron chi connectivity index (χ0n) is 11.1. The molecule has 0 atom stereocenters. The number of nitro groups is 1. The number of nitrogens with one attached hydrogen (secondary N) is 1. The third kappa shape index (κ3) is 3.69. The van der Waals surface area contributed by atoms with Crippen LogP contribution in [0.15, 0.2) is 41.3 Å². The topological polar surface area (TPSA) is 55.2 Å². The zero-order chi connectivity index (χ0) is 15.4. The average molecular weight is 310 g/mol. The molecule has 0 heterocycles. The molecule has 0 saturated heterocycles. The quantitative estimate of drug-likeness (QED) is 0.511. The molecule has 21 heavy (non-hydrogen) atoms. The minimum Gasteiger partial charge on any atom is -0.388 e. The molecule has 2 aromatic carbocycles. The van der Waals surface area contributed by atoms with E-state index in [0.717, 1.165) is 30.0 Å². The van der Waals surface area contributed by atoms with Crippen LogP contribution >= 0.6 is 11.8 Å². The van der Waals surface area contributed by atoms with Gasteiger partial charge in [0.15, 0.2) is 0 Å². The van der Waals surface area contributed by atoms with Crippen LogP contribution in [0.3, 0.4) is 0 Å². The molecule has 1 N–H and O–H groups in total. The molecule has 110 valence electrons. The molecule has 0 saturated carbocycles. The first-order chi connectivity index (χ1) is 10.0. The lowest BCUT2D eigenvalue weighted by Gasteiger charge is -2.09. The van der Waals surface area contributed by atoms with Gasteiger partial charge in [-0.2, -0.15) is 0 Å². The van der Waals surface area contributed by atoms with Gasteiger partial charge in [-0.3, -0.25) is 10.1 Å². The number of anilines is 1. The molecular formula is C14H12F2N2O2S. The predicted octanol–water partition coefficient (Wildman–Crippen LogP) is 4.21. The van der Waals surface area contributed by atoms with Crippen molar-refractivity contribution in [2.24, 2.45) is 0 Å². The Bertz CT molecular complexity index is 680. The van der Waals surface area contributed by atoms with Crippen LogP contribution in [-0.4, -0.2) is 12.0 Å². The summed E-state index contributed by atoms with van der Waals surface area (Å²) in [7, 11) is 1.69. The van der Waals surface area contributed by atoms with Crippen molar-refractivity contribution in [1.82, 2.24) is 0 Å². The Morgan fingerprint density at radius 3 is 2.67 bits per heavy atom. The predicted molar refractivity (Wildman–Crippen MR) is 78.6 cm³/mol. The van der Waals surface area contributed by atoms with Gasteiger partial charge in [-0.05, 0) is 29.8 Å². The van der Waals surface area contributed by atoms with Crippen LogP contribution in [-0.2, 0) is 5.75 Å². The van der Waals surface area contributed by atoms with Crippen LogP contribution in [0.5, 0.6) is 0 Å². The zero-order valence-corrected chi connectivity index (χ0v) is 11.9. The van der Waals surface area contributed by atoms with Crippen molar-refractivity contribution in [2.75, 3.05) is 12.4 Å². The smallest absolute Gasteiger partial charge is 0.269 e. The molecule has 2 aromatic rings. The highest BCUT2D eigenvalue weighted by Gasteiger charge is 2.12. The van der Waals surface area contributed by atoms with E-state index >= 15 is 0 Å². The third-order valence-corrected chi connectivity index (χ3v) is 3.92. The first-order valence-electron chi connectivity index (χ1n) is 6.04. The largest absolute Gasteiger partial charge is 0.388 e. The third-order valence-electron chi connectivity index (χ3n) is 2.85. The van der Waals surface area contributed by atoms with Crippen molar-refractivity contribution >= 4 is 23.1 Å². The Labute approximate surface area is 124 Å². The number of rotatable bonds is 5. The molecule has 0 bridgehead atoms. The molecule has 2 rings (SSSR count). The first kappa shape index (κ1) is 15.2. The number of hydrogen-bond donors (Lipinski definition) is 1. The van der Waals surface area contributed by atoms with Gasteiger partial charge >= 0.3 is 0 Å². The second-order valence-electron chi connectivity index (χ2n) is 4.21. The van der Waals surface area contributed by atoms with Gasteiger partial charge in [0.25, 0.3) is 5.69 Å². The highest BCUT2D eigenvalue weighted by Crippen LogP contribution is 2.31. The van der Waals surface area contributed by atoms with Gasteiger partial charge in [-0.25, -0.2) is 8.78 Å². The maximum atomic E-state index is 13.6. The summed E-state index contributed by atoms with van der Waals surface area (Å²) in [6.45, 7) is 0. The monoisotopic (exact) mass is 310 g/mol. The normalized spacial score (nSPS) is 10.4. The summed E-state index contributed by atoms with van der Waals surface area (Å²) >= 11 is 1.09. The highest BCUT2D eigenvalue weighted by molar-refractivity contribution is 7.98. The van der Waals surface area contributed by atoms with E-state index in [4.69, 9.17) is 0 Å². The van der Waals surface area contributed by atoms with Gasteiger partial charge in [0.05, 0.1) is 4.92 Å². The molecule has 4 nitrogen and oxygen atoms in total. The number of nitro benzene ring substituents is 1. The second-order valence-corrected chi connectivity index (χ2v) is 5.23. The Kier molecular flexibility index (Phi) is 4.74. The van der Waals surface area contributed by atoms with Gasteiger partial charge in [0, 0.05) is 35.5 Å². The van der Waals surface area contributed by atoms with Crippen molar-refractivity contribution in [3.8, 4) is 0 Å². The SMILES string of the molecule is CNc1ccc([N+](=O)[O-])cc1CSc1cc(F)ccc1F. The fourth-order valence-corrected chi connectivity index (χ4v) is 2.75. The van der Waals surface area contributed by atoms with Crippen molar-refractivity contribution in [3.05, 3.63) is 63.7 Å². The molecule has 0 unspecified atom stereocenters. The summed E-state index contributed by atoms with van der Waals surface area (Å²) in [6.07, 6.45) is 0. The number of non-ortho nitro benzene ring substituents is 1. The Morgan fingerprint density at radius 2 is 2.00 bits per heavy atom. The van der Waals surface area contributed by atoms with Gasteiger partial charge in [0.1, 0.15) is 11.6 Å². The van der Waals surface area contributed by atoms with E-state index < -0.39 is 16.6 Å². The minimum atomic E-state index is -0.521. The lowest BCUT2D eigenvalue weighted by molar-refractivity contribution is -0.384. The summed E-state index contributed by atoms with van der Waals surface area (Å²) in [5, 5.41) is 13.7. The number of halogens is 2.